The van der Waals surface area contributed by atoms with Crippen LogP contribution in [0.2, 0.25) is 0 Å². The van der Waals surface area contributed by atoms with Crippen molar-refractivity contribution in [3.05, 3.63) is 52.4 Å². The lowest BCUT2D eigenvalue weighted by Gasteiger charge is -2.07. The number of ketones is 1. The molecule has 0 fully saturated rings. The van der Waals surface area contributed by atoms with Crippen LogP contribution in [-0.2, 0) is 0 Å². The molecular formula is C13H9BrO2S. The minimum absolute atomic E-state index is 0.0549. The molecule has 2 aromatic rings. The Morgan fingerprint density at radius 2 is 2.18 bits per heavy atom. The number of halogens is 1. The quantitative estimate of drug-likeness (QED) is 0.782. The van der Waals surface area contributed by atoms with Crippen molar-refractivity contribution in [1.29, 1.82) is 0 Å². The Balaban J connectivity index is 1.98. The maximum Gasteiger partial charge on any atom is 0.207 e. The molecule has 0 N–H and O–H groups in total. The fourth-order valence-corrected chi connectivity index (χ4v) is 3.63. The molecule has 0 saturated carbocycles. The Morgan fingerprint density at radius 3 is 2.94 bits per heavy atom. The van der Waals surface area contributed by atoms with Crippen LogP contribution in [0.4, 0.5) is 0 Å². The lowest BCUT2D eigenvalue weighted by atomic mass is 9.95. The van der Waals surface area contributed by atoms with Gasteiger partial charge in [-0.3, -0.25) is 4.79 Å². The summed E-state index contributed by atoms with van der Waals surface area (Å²) in [5, 5.41) is 0. The van der Waals surface area contributed by atoms with Crippen LogP contribution < -0.4 is 0 Å². The van der Waals surface area contributed by atoms with Gasteiger partial charge < -0.3 is 4.42 Å². The normalized spacial score (nSPS) is 18.1. The van der Waals surface area contributed by atoms with Crippen LogP contribution in [0.5, 0.6) is 0 Å². The third-order valence-corrected chi connectivity index (χ3v) is 4.66. The number of benzene rings is 1. The van der Waals surface area contributed by atoms with Crippen LogP contribution in [0.1, 0.15) is 22.0 Å². The lowest BCUT2D eigenvalue weighted by Crippen LogP contribution is -2.12. The fraction of sp³-hybridized carbons (Fsp3) is 0.154. The molecule has 1 unspecified atom stereocenters. The summed E-state index contributed by atoms with van der Waals surface area (Å²) in [7, 11) is 0. The predicted molar refractivity (Wildman–Crippen MR) is 70.6 cm³/mol. The van der Waals surface area contributed by atoms with Gasteiger partial charge in [0.05, 0.1) is 16.7 Å². The van der Waals surface area contributed by atoms with E-state index in [-0.39, 0.29) is 11.7 Å². The Hall–Kier alpha value is -1.00. The maximum atomic E-state index is 12.4. The Bertz CT molecular complexity index is 576. The second kappa shape index (κ2) is 4.35. The smallest absolute Gasteiger partial charge is 0.207 e. The van der Waals surface area contributed by atoms with Gasteiger partial charge in [-0.2, -0.15) is 0 Å². The van der Waals surface area contributed by atoms with Crippen molar-refractivity contribution in [1.82, 2.24) is 0 Å². The minimum Gasteiger partial charge on any atom is -0.460 e. The molecule has 2 nitrogen and oxygen atoms in total. The molecule has 2 heterocycles. The summed E-state index contributed by atoms with van der Waals surface area (Å²) < 4.78 is 5.98. The molecule has 0 aliphatic carbocycles. The van der Waals surface area contributed by atoms with Gasteiger partial charge in [-0.05, 0) is 33.6 Å². The molecule has 0 bridgehead atoms. The summed E-state index contributed by atoms with van der Waals surface area (Å²) in [6.45, 7) is 0. The summed E-state index contributed by atoms with van der Waals surface area (Å²) in [4.78, 5) is 13.6. The summed E-state index contributed by atoms with van der Waals surface area (Å²) in [6.07, 6.45) is 1.53. The van der Waals surface area contributed by atoms with Gasteiger partial charge in [-0.25, -0.2) is 0 Å². The topological polar surface area (TPSA) is 30.2 Å². The highest BCUT2D eigenvalue weighted by Gasteiger charge is 2.32. The van der Waals surface area contributed by atoms with Crippen LogP contribution >= 0.6 is 27.7 Å². The first-order valence-electron chi connectivity index (χ1n) is 5.26. The van der Waals surface area contributed by atoms with E-state index in [2.05, 4.69) is 22.0 Å². The van der Waals surface area contributed by atoms with E-state index in [9.17, 15) is 4.79 Å². The van der Waals surface area contributed by atoms with Gasteiger partial charge in [0.25, 0.3) is 0 Å². The van der Waals surface area contributed by atoms with Crippen LogP contribution in [0, 0.1) is 0 Å². The van der Waals surface area contributed by atoms with Crippen LogP contribution in [0.3, 0.4) is 0 Å². The van der Waals surface area contributed by atoms with E-state index in [1.54, 1.807) is 17.8 Å². The minimum atomic E-state index is -0.0846. The summed E-state index contributed by atoms with van der Waals surface area (Å²) in [5.41, 5.74) is 1.12. The molecule has 0 radical (unpaired) electrons. The lowest BCUT2D eigenvalue weighted by molar-refractivity contribution is 0.0940. The molecule has 1 aliphatic heterocycles. The molecule has 1 aliphatic rings. The van der Waals surface area contributed by atoms with Crippen molar-refractivity contribution in [3.8, 4) is 0 Å². The number of carbonyl (C=O) groups is 1. The monoisotopic (exact) mass is 308 g/mol. The van der Waals surface area contributed by atoms with Gasteiger partial charge in [0.2, 0.25) is 5.78 Å². The third-order valence-electron chi connectivity index (χ3n) is 2.86. The van der Waals surface area contributed by atoms with E-state index in [1.807, 2.05) is 18.2 Å². The first kappa shape index (κ1) is 11.1. The maximum absolute atomic E-state index is 12.4. The van der Waals surface area contributed by atoms with E-state index in [1.165, 1.54) is 11.2 Å². The van der Waals surface area contributed by atoms with Crippen molar-refractivity contribution >= 4 is 33.5 Å². The van der Waals surface area contributed by atoms with Crippen molar-refractivity contribution < 1.29 is 9.21 Å². The molecule has 0 amide bonds. The van der Waals surface area contributed by atoms with Gasteiger partial charge in [0.1, 0.15) is 0 Å². The molecule has 1 aromatic carbocycles. The number of hydrogen-bond acceptors (Lipinski definition) is 3. The van der Waals surface area contributed by atoms with Crippen LogP contribution in [0.15, 0.2) is 50.4 Å². The molecular weight excluding hydrogens is 300 g/mol. The van der Waals surface area contributed by atoms with Gasteiger partial charge in [0.15, 0.2) is 5.76 Å². The second-order valence-electron chi connectivity index (χ2n) is 3.86. The number of carbonyl (C=O) groups excluding carboxylic acids is 1. The number of rotatable bonds is 2. The number of fused-ring (bicyclic) bond motifs is 1. The highest BCUT2D eigenvalue weighted by molar-refractivity contribution is 9.10. The fourth-order valence-electron chi connectivity index (χ4n) is 2.01. The average molecular weight is 309 g/mol. The average Bonchev–Trinajstić information content (AvgIpc) is 2.94. The molecule has 3 rings (SSSR count). The largest absolute Gasteiger partial charge is 0.460 e. The van der Waals surface area contributed by atoms with Crippen molar-refractivity contribution in [2.45, 2.75) is 10.8 Å². The van der Waals surface area contributed by atoms with Crippen LogP contribution in [0.25, 0.3) is 0 Å². The zero-order valence-electron chi connectivity index (χ0n) is 8.85. The number of thioether (sulfide) groups is 1. The molecule has 1 atom stereocenters. The summed E-state index contributed by atoms with van der Waals surface area (Å²) in [5.74, 6) is 1.19. The standard InChI is InChI=1S/C13H9BrO2S/c14-10-5-6-16-13(10)12(15)9-7-17-11-4-2-1-3-8(9)11/h1-6,9H,7H2. The molecule has 0 spiro atoms. The van der Waals surface area contributed by atoms with Crippen molar-refractivity contribution in [3.63, 3.8) is 0 Å². The number of Topliss-reactive ketones (excluding diaryl/α,β-unsaturated/α-hetero) is 1. The SMILES string of the molecule is O=C(c1occc1Br)C1CSc2ccccc21. The van der Waals surface area contributed by atoms with E-state index < -0.39 is 0 Å². The van der Waals surface area contributed by atoms with Gasteiger partial charge in [-0.15, -0.1) is 11.8 Å². The van der Waals surface area contributed by atoms with Gasteiger partial charge in [-0.1, -0.05) is 18.2 Å². The summed E-state index contributed by atoms with van der Waals surface area (Å²) in [6, 6.07) is 9.81. The van der Waals surface area contributed by atoms with Crippen LogP contribution in [-0.4, -0.2) is 11.5 Å². The zero-order chi connectivity index (χ0) is 11.8. The van der Waals surface area contributed by atoms with E-state index in [4.69, 9.17) is 4.42 Å². The molecule has 1 aromatic heterocycles. The zero-order valence-corrected chi connectivity index (χ0v) is 11.3. The predicted octanol–water partition coefficient (Wildman–Crippen LogP) is 4.11. The van der Waals surface area contributed by atoms with Gasteiger partial charge in [0, 0.05) is 10.6 Å². The third kappa shape index (κ3) is 1.85. The van der Waals surface area contributed by atoms with E-state index in [0.717, 1.165) is 15.8 Å². The number of hydrogen-bond donors (Lipinski definition) is 0. The Labute approximate surface area is 112 Å². The second-order valence-corrected chi connectivity index (χ2v) is 5.78. The molecule has 86 valence electrons. The van der Waals surface area contributed by atoms with Gasteiger partial charge >= 0.3 is 0 Å². The first-order chi connectivity index (χ1) is 8.27. The van der Waals surface area contributed by atoms with E-state index >= 15 is 0 Å². The highest BCUT2D eigenvalue weighted by atomic mass is 79.9. The number of furan rings is 1. The first-order valence-corrected chi connectivity index (χ1v) is 7.04. The van der Waals surface area contributed by atoms with E-state index in [0.29, 0.717) is 5.76 Å². The highest BCUT2D eigenvalue weighted by Crippen LogP contribution is 2.41. The Kier molecular flexibility index (Phi) is 2.84. The molecule has 0 saturated heterocycles. The molecule has 4 heteroatoms. The van der Waals surface area contributed by atoms with Crippen molar-refractivity contribution in [2.24, 2.45) is 0 Å². The molecule has 17 heavy (non-hydrogen) atoms. The summed E-state index contributed by atoms with van der Waals surface area (Å²) >= 11 is 5.06. The Morgan fingerprint density at radius 1 is 1.35 bits per heavy atom. The van der Waals surface area contributed by atoms with Crippen molar-refractivity contribution in [2.75, 3.05) is 5.75 Å².